The Morgan fingerprint density at radius 2 is 2.06 bits per heavy atom. The van der Waals surface area contributed by atoms with Gasteiger partial charge < -0.3 is 30.8 Å². The van der Waals surface area contributed by atoms with Gasteiger partial charge in [-0.25, -0.2) is 9.50 Å². The molecule has 0 atom stereocenters. The molecule has 0 aliphatic carbocycles. The van der Waals surface area contributed by atoms with Crippen molar-refractivity contribution in [1.29, 1.82) is 0 Å². The van der Waals surface area contributed by atoms with E-state index in [0.717, 1.165) is 48.4 Å². The molecule has 0 saturated carbocycles. The lowest BCUT2D eigenvalue weighted by molar-refractivity contribution is 0.102. The zero-order valence-electron chi connectivity index (χ0n) is 18.2. The van der Waals surface area contributed by atoms with Crippen LogP contribution in [0.4, 0.5) is 17.3 Å². The number of hydrogen-bond donors (Lipinski definition) is 3. The van der Waals surface area contributed by atoms with Crippen LogP contribution < -0.4 is 26.4 Å². The second-order valence-electron chi connectivity index (χ2n) is 8.03. The standard InChI is InChI=1S/C23H25N7O3/c1-32-19-10-14(2-3-18(19)28-23(31)15-6-9-33-12-15)17-11-20(29-7-4-16(24)5-8-29)30-21(17)22(25)26-13-27-30/h2-3,6,9-13,16H,4-5,7-8,24H2,1H3,(H,28,31)(H2,25,26,27). The number of benzene rings is 1. The minimum atomic E-state index is -0.285. The number of aromatic nitrogens is 3. The molecule has 1 amide bonds. The summed E-state index contributed by atoms with van der Waals surface area (Å²) < 4.78 is 12.4. The zero-order valence-corrected chi connectivity index (χ0v) is 18.2. The van der Waals surface area contributed by atoms with Crippen molar-refractivity contribution in [3.05, 3.63) is 54.7 Å². The van der Waals surface area contributed by atoms with E-state index in [2.05, 4.69) is 26.4 Å². The highest BCUT2D eigenvalue weighted by Crippen LogP contribution is 2.38. The van der Waals surface area contributed by atoms with E-state index < -0.39 is 0 Å². The Labute approximate surface area is 190 Å². The molecule has 0 spiro atoms. The highest BCUT2D eigenvalue weighted by Gasteiger charge is 2.23. The number of rotatable bonds is 5. The molecule has 4 aromatic rings. The van der Waals surface area contributed by atoms with Gasteiger partial charge in [-0.05, 0) is 42.7 Å². The number of hydrogen-bond acceptors (Lipinski definition) is 8. The maximum atomic E-state index is 12.4. The van der Waals surface area contributed by atoms with E-state index in [1.807, 2.05) is 16.6 Å². The summed E-state index contributed by atoms with van der Waals surface area (Å²) in [5.74, 6) is 1.56. The fraction of sp³-hybridized carbons (Fsp3) is 0.261. The Morgan fingerprint density at radius 3 is 2.79 bits per heavy atom. The predicted molar refractivity (Wildman–Crippen MR) is 125 cm³/mol. The third-order valence-corrected chi connectivity index (χ3v) is 5.97. The van der Waals surface area contributed by atoms with Crippen LogP contribution in [0.1, 0.15) is 23.2 Å². The van der Waals surface area contributed by atoms with Gasteiger partial charge in [-0.1, -0.05) is 6.07 Å². The van der Waals surface area contributed by atoms with Gasteiger partial charge >= 0.3 is 0 Å². The van der Waals surface area contributed by atoms with Gasteiger partial charge in [0.15, 0.2) is 5.82 Å². The number of fused-ring (bicyclic) bond motifs is 1. The first-order chi connectivity index (χ1) is 16.0. The fourth-order valence-electron chi connectivity index (χ4n) is 4.18. The number of nitrogens with two attached hydrogens (primary N) is 2. The first-order valence-corrected chi connectivity index (χ1v) is 10.7. The summed E-state index contributed by atoms with van der Waals surface area (Å²) in [4.78, 5) is 18.9. The average molecular weight is 447 g/mol. The number of anilines is 3. The lowest BCUT2D eigenvalue weighted by Crippen LogP contribution is -2.40. The zero-order chi connectivity index (χ0) is 22.9. The van der Waals surface area contributed by atoms with Crippen molar-refractivity contribution < 1.29 is 13.9 Å². The maximum Gasteiger partial charge on any atom is 0.259 e. The van der Waals surface area contributed by atoms with Crippen molar-refractivity contribution in [3.63, 3.8) is 0 Å². The number of methoxy groups -OCH3 is 1. The van der Waals surface area contributed by atoms with Crippen LogP contribution in [0.25, 0.3) is 16.6 Å². The summed E-state index contributed by atoms with van der Waals surface area (Å²) in [6.45, 7) is 1.69. The van der Waals surface area contributed by atoms with E-state index >= 15 is 0 Å². The van der Waals surface area contributed by atoms with E-state index in [-0.39, 0.29) is 11.9 Å². The second kappa shape index (κ2) is 8.47. The smallest absolute Gasteiger partial charge is 0.259 e. The molecule has 1 aromatic carbocycles. The van der Waals surface area contributed by atoms with Gasteiger partial charge in [0, 0.05) is 24.7 Å². The Morgan fingerprint density at radius 1 is 1.24 bits per heavy atom. The van der Waals surface area contributed by atoms with Gasteiger partial charge in [-0.15, -0.1) is 0 Å². The molecule has 5 rings (SSSR count). The number of nitrogens with one attached hydrogen (secondary N) is 1. The van der Waals surface area contributed by atoms with Crippen LogP contribution in [0.3, 0.4) is 0 Å². The van der Waals surface area contributed by atoms with E-state index in [4.69, 9.17) is 20.6 Å². The van der Waals surface area contributed by atoms with Gasteiger partial charge in [0.2, 0.25) is 0 Å². The Hall–Kier alpha value is -4.05. The van der Waals surface area contributed by atoms with Gasteiger partial charge in [0.1, 0.15) is 29.7 Å². The van der Waals surface area contributed by atoms with E-state index in [9.17, 15) is 4.79 Å². The van der Waals surface area contributed by atoms with Gasteiger partial charge in [-0.3, -0.25) is 4.79 Å². The van der Waals surface area contributed by atoms with E-state index in [0.29, 0.717) is 22.8 Å². The highest BCUT2D eigenvalue weighted by molar-refractivity contribution is 6.05. The quantitative estimate of drug-likeness (QED) is 0.425. The lowest BCUT2D eigenvalue weighted by atomic mass is 10.0. The van der Waals surface area contributed by atoms with Crippen LogP contribution in [-0.4, -0.2) is 46.7 Å². The summed E-state index contributed by atoms with van der Waals surface area (Å²) in [5.41, 5.74) is 15.8. The number of furan rings is 1. The summed E-state index contributed by atoms with van der Waals surface area (Å²) in [5, 5.41) is 7.32. The highest BCUT2D eigenvalue weighted by atomic mass is 16.5. The third kappa shape index (κ3) is 3.85. The molecule has 0 unspecified atom stereocenters. The molecule has 5 N–H and O–H groups in total. The minimum absolute atomic E-state index is 0.223. The number of amides is 1. The lowest BCUT2D eigenvalue weighted by Gasteiger charge is -2.31. The summed E-state index contributed by atoms with van der Waals surface area (Å²) in [6.07, 6.45) is 6.14. The van der Waals surface area contributed by atoms with Crippen LogP contribution in [0.2, 0.25) is 0 Å². The fourth-order valence-corrected chi connectivity index (χ4v) is 4.18. The van der Waals surface area contributed by atoms with E-state index in [1.54, 1.807) is 19.2 Å². The number of carbonyl (C=O) groups is 1. The minimum Gasteiger partial charge on any atom is -0.495 e. The average Bonchev–Trinajstić information content (AvgIpc) is 3.49. The molecule has 3 aromatic heterocycles. The van der Waals surface area contributed by atoms with Crippen molar-refractivity contribution in [2.24, 2.45) is 5.73 Å². The molecule has 4 heterocycles. The molecule has 1 saturated heterocycles. The molecule has 0 radical (unpaired) electrons. The number of ether oxygens (including phenoxy) is 1. The van der Waals surface area contributed by atoms with Crippen LogP contribution in [0.15, 0.2) is 53.6 Å². The Bertz CT molecular complexity index is 1290. The van der Waals surface area contributed by atoms with Crippen molar-refractivity contribution in [3.8, 4) is 16.9 Å². The third-order valence-electron chi connectivity index (χ3n) is 5.97. The molecule has 10 nitrogen and oxygen atoms in total. The van der Waals surface area contributed by atoms with E-state index in [1.165, 1.54) is 18.9 Å². The Kier molecular flexibility index (Phi) is 5.35. The Balaban J connectivity index is 1.54. The molecule has 0 bridgehead atoms. The summed E-state index contributed by atoms with van der Waals surface area (Å²) >= 11 is 0. The largest absolute Gasteiger partial charge is 0.495 e. The van der Waals surface area contributed by atoms with Gasteiger partial charge in [0.25, 0.3) is 5.91 Å². The number of nitrogens with zero attached hydrogens (tertiary/aromatic N) is 4. The molecule has 33 heavy (non-hydrogen) atoms. The SMILES string of the molecule is COc1cc(-c2cc(N3CCC(N)CC3)n3ncnc(N)c23)ccc1NC(=O)c1ccoc1. The summed E-state index contributed by atoms with van der Waals surface area (Å²) in [7, 11) is 1.56. The molecule has 1 aliphatic rings. The number of carbonyl (C=O) groups excluding carboxylic acids is 1. The van der Waals surface area contributed by atoms with Crippen LogP contribution in [-0.2, 0) is 0 Å². The van der Waals surface area contributed by atoms with Crippen LogP contribution >= 0.6 is 0 Å². The number of nitrogen functional groups attached to an aromatic ring is 1. The van der Waals surface area contributed by atoms with Crippen molar-refractivity contribution in [2.45, 2.75) is 18.9 Å². The van der Waals surface area contributed by atoms with Crippen LogP contribution in [0, 0.1) is 0 Å². The van der Waals surface area contributed by atoms with Gasteiger partial charge in [0.05, 0.1) is 24.6 Å². The predicted octanol–water partition coefficient (Wildman–Crippen LogP) is 2.76. The van der Waals surface area contributed by atoms with Crippen molar-refractivity contribution >= 4 is 28.7 Å². The molecule has 1 aliphatic heterocycles. The van der Waals surface area contributed by atoms with Gasteiger partial charge in [-0.2, -0.15) is 5.10 Å². The molecular weight excluding hydrogens is 422 g/mol. The monoisotopic (exact) mass is 447 g/mol. The topological polar surface area (TPSA) is 137 Å². The maximum absolute atomic E-state index is 12.4. The van der Waals surface area contributed by atoms with Crippen LogP contribution in [0.5, 0.6) is 5.75 Å². The molecule has 170 valence electrons. The number of piperidine rings is 1. The molecular formula is C23H25N7O3. The first-order valence-electron chi connectivity index (χ1n) is 10.7. The second-order valence-corrected chi connectivity index (χ2v) is 8.03. The van der Waals surface area contributed by atoms with Crippen molar-refractivity contribution in [2.75, 3.05) is 36.1 Å². The summed E-state index contributed by atoms with van der Waals surface area (Å²) in [6, 6.07) is 9.46. The first kappa shape index (κ1) is 20.8. The normalized spacial score (nSPS) is 14.5. The molecule has 10 heteroatoms. The van der Waals surface area contributed by atoms with Crippen molar-refractivity contribution in [1.82, 2.24) is 14.6 Å². The molecule has 1 fully saturated rings.